The number of fused-ring (bicyclic) bond motifs is 1. The standard InChI is InChI=1S/C15H16N6S/c1-2-8-22-15-12(17)20-14-10(18-15)11(16)19-13(21-14)9-6-4-3-5-7-9/h3-7H,2,8H2,1H3,(H4,16,17,19,20,21). The number of nitrogen functional groups attached to an aromatic ring is 2. The van der Waals surface area contributed by atoms with Crippen LogP contribution in [0.3, 0.4) is 0 Å². The summed E-state index contributed by atoms with van der Waals surface area (Å²) in [6.45, 7) is 2.10. The van der Waals surface area contributed by atoms with Gasteiger partial charge in [-0.15, -0.1) is 11.8 Å². The Morgan fingerprint density at radius 2 is 1.73 bits per heavy atom. The van der Waals surface area contributed by atoms with Crippen molar-refractivity contribution in [3.05, 3.63) is 30.3 Å². The summed E-state index contributed by atoms with van der Waals surface area (Å²) in [4.78, 5) is 17.6. The van der Waals surface area contributed by atoms with Crippen molar-refractivity contribution in [2.45, 2.75) is 18.4 Å². The highest BCUT2D eigenvalue weighted by Crippen LogP contribution is 2.27. The average molecular weight is 312 g/mol. The molecule has 3 aromatic rings. The molecule has 6 nitrogen and oxygen atoms in total. The van der Waals surface area contributed by atoms with Crippen molar-refractivity contribution in [3.8, 4) is 11.4 Å². The molecule has 0 amide bonds. The van der Waals surface area contributed by atoms with Gasteiger partial charge in [0.2, 0.25) is 0 Å². The third kappa shape index (κ3) is 2.80. The van der Waals surface area contributed by atoms with E-state index in [4.69, 9.17) is 11.5 Å². The third-order valence-electron chi connectivity index (χ3n) is 3.03. The van der Waals surface area contributed by atoms with Crippen LogP contribution in [0.5, 0.6) is 0 Å². The first-order chi connectivity index (χ1) is 10.7. The van der Waals surface area contributed by atoms with Crippen LogP contribution in [0.1, 0.15) is 13.3 Å². The van der Waals surface area contributed by atoms with Crippen molar-refractivity contribution >= 4 is 34.6 Å². The van der Waals surface area contributed by atoms with Crippen LogP contribution in [0.25, 0.3) is 22.6 Å². The molecule has 0 radical (unpaired) electrons. The van der Waals surface area contributed by atoms with E-state index in [1.54, 1.807) is 11.8 Å². The zero-order valence-electron chi connectivity index (χ0n) is 12.2. The van der Waals surface area contributed by atoms with Crippen LogP contribution in [0.4, 0.5) is 11.6 Å². The minimum Gasteiger partial charge on any atom is -0.382 e. The fraction of sp³-hybridized carbons (Fsp3) is 0.200. The second-order valence-corrected chi connectivity index (χ2v) is 5.82. The minimum absolute atomic E-state index is 0.315. The van der Waals surface area contributed by atoms with E-state index >= 15 is 0 Å². The smallest absolute Gasteiger partial charge is 0.186 e. The van der Waals surface area contributed by atoms with E-state index in [0.717, 1.165) is 17.7 Å². The maximum absolute atomic E-state index is 6.04. The van der Waals surface area contributed by atoms with E-state index in [0.29, 0.717) is 33.6 Å². The lowest BCUT2D eigenvalue weighted by Crippen LogP contribution is -2.04. The lowest BCUT2D eigenvalue weighted by Gasteiger charge is -2.08. The van der Waals surface area contributed by atoms with Crippen LogP contribution in [0.2, 0.25) is 0 Å². The monoisotopic (exact) mass is 312 g/mol. The molecule has 0 fully saturated rings. The van der Waals surface area contributed by atoms with Gasteiger partial charge in [0.15, 0.2) is 28.6 Å². The number of benzene rings is 1. The Labute approximate surface area is 132 Å². The van der Waals surface area contributed by atoms with Crippen molar-refractivity contribution in [2.75, 3.05) is 17.2 Å². The molecular formula is C15H16N6S. The van der Waals surface area contributed by atoms with Gasteiger partial charge in [0, 0.05) is 5.56 Å². The van der Waals surface area contributed by atoms with Crippen molar-refractivity contribution in [3.63, 3.8) is 0 Å². The van der Waals surface area contributed by atoms with Crippen LogP contribution in [-0.4, -0.2) is 25.7 Å². The van der Waals surface area contributed by atoms with Crippen molar-refractivity contribution in [2.24, 2.45) is 0 Å². The number of nitrogens with two attached hydrogens (primary N) is 2. The van der Waals surface area contributed by atoms with Crippen LogP contribution < -0.4 is 11.5 Å². The molecule has 2 aromatic heterocycles. The van der Waals surface area contributed by atoms with Gasteiger partial charge in [0.25, 0.3) is 0 Å². The molecule has 22 heavy (non-hydrogen) atoms. The third-order valence-corrected chi connectivity index (χ3v) is 4.21. The summed E-state index contributed by atoms with van der Waals surface area (Å²) >= 11 is 1.56. The first kappa shape index (κ1) is 14.5. The number of aromatic nitrogens is 4. The largest absolute Gasteiger partial charge is 0.382 e. The van der Waals surface area contributed by atoms with Gasteiger partial charge in [-0.2, -0.15) is 0 Å². The summed E-state index contributed by atoms with van der Waals surface area (Å²) in [5.41, 5.74) is 13.8. The van der Waals surface area contributed by atoms with Gasteiger partial charge in [-0.05, 0) is 12.2 Å². The molecule has 0 saturated carbocycles. The number of hydrogen-bond acceptors (Lipinski definition) is 7. The summed E-state index contributed by atoms with van der Waals surface area (Å²) in [7, 11) is 0. The highest BCUT2D eigenvalue weighted by molar-refractivity contribution is 7.99. The van der Waals surface area contributed by atoms with Gasteiger partial charge in [-0.25, -0.2) is 19.9 Å². The van der Waals surface area contributed by atoms with Crippen molar-refractivity contribution in [1.29, 1.82) is 0 Å². The molecule has 0 aliphatic rings. The van der Waals surface area contributed by atoms with Crippen LogP contribution in [0, 0.1) is 0 Å². The van der Waals surface area contributed by atoms with Gasteiger partial charge < -0.3 is 11.5 Å². The Kier molecular flexibility index (Phi) is 4.06. The molecule has 0 aliphatic carbocycles. The zero-order valence-corrected chi connectivity index (χ0v) is 13.0. The van der Waals surface area contributed by atoms with Gasteiger partial charge in [0.1, 0.15) is 5.03 Å². The van der Waals surface area contributed by atoms with Crippen molar-refractivity contribution < 1.29 is 0 Å². The van der Waals surface area contributed by atoms with Crippen LogP contribution in [0.15, 0.2) is 35.4 Å². The molecule has 7 heteroatoms. The topological polar surface area (TPSA) is 104 Å². The molecule has 0 bridgehead atoms. The number of thioether (sulfide) groups is 1. The zero-order chi connectivity index (χ0) is 15.5. The van der Waals surface area contributed by atoms with Gasteiger partial charge in [0.05, 0.1) is 0 Å². The molecule has 0 saturated heterocycles. The van der Waals surface area contributed by atoms with Gasteiger partial charge in [-0.1, -0.05) is 37.3 Å². The molecule has 112 valence electrons. The number of hydrogen-bond donors (Lipinski definition) is 2. The van der Waals surface area contributed by atoms with E-state index in [1.807, 2.05) is 30.3 Å². The van der Waals surface area contributed by atoms with E-state index < -0.39 is 0 Å². The second-order valence-electron chi connectivity index (χ2n) is 4.73. The lowest BCUT2D eigenvalue weighted by molar-refractivity contribution is 1.07. The van der Waals surface area contributed by atoms with Gasteiger partial charge in [-0.3, -0.25) is 0 Å². The first-order valence-electron chi connectivity index (χ1n) is 6.98. The van der Waals surface area contributed by atoms with E-state index in [1.165, 1.54) is 0 Å². The SMILES string of the molecule is CCCSc1nc2c(N)nc(-c3ccccc3)nc2nc1N. The lowest BCUT2D eigenvalue weighted by atomic mass is 10.2. The summed E-state index contributed by atoms with van der Waals surface area (Å²) in [6.07, 6.45) is 1.03. The van der Waals surface area contributed by atoms with Gasteiger partial charge >= 0.3 is 0 Å². The molecule has 0 unspecified atom stereocenters. The maximum Gasteiger partial charge on any atom is 0.186 e. The summed E-state index contributed by atoms with van der Waals surface area (Å²) in [5.74, 6) is 2.14. The molecule has 1 aromatic carbocycles. The Hall–Kier alpha value is -2.41. The maximum atomic E-state index is 6.04. The average Bonchev–Trinajstić information content (AvgIpc) is 2.54. The second kappa shape index (κ2) is 6.15. The first-order valence-corrected chi connectivity index (χ1v) is 7.96. The highest BCUT2D eigenvalue weighted by Gasteiger charge is 2.13. The Bertz CT molecular complexity index is 806. The summed E-state index contributed by atoms with van der Waals surface area (Å²) in [5, 5.41) is 0.678. The molecular weight excluding hydrogens is 296 g/mol. The summed E-state index contributed by atoms with van der Waals surface area (Å²) < 4.78 is 0. The number of rotatable bonds is 4. The molecule has 4 N–H and O–H groups in total. The Morgan fingerprint density at radius 3 is 2.45 bits per heavy atom. The molecule has 0 spiro atoms. The Balaban J connectivity index is 2.11. The van der Waals surface area contributed by atoms with Crippen LogP contribution in [-0.2, 0) is 0 Å². The molecule has 0 aliphatic heterocycles. The van der Waals surface area contributed by atoms with E-state index in [-0.39, 0.29) is 0 Å². The Morgan fingerprint density at radius 1 is 0.955 bits per heavy atom. The fourth-order valence-corrected chi connectivity index (χ4v) is 2.73. The van der Waals surface area contributed by atoms with E-state index in [2.05, 4.69) is 26.9 Å². The van der Waals surface area contributed by atoms with E-state index in [9.17, 15) is 0 Å². The number of nitrogens with zero attached hydrogens (tertiary/aromatic N) is 4. The summed E-state index contributed by atoms with van der Waals surface area (Å²) in [6, 6.07) is 9.61. The number of anilines is 2. The molecule has 3 rings (SSSR count). The molecule has 2 heterocycles. The predicted molar refractivity (Wildman–Crippen MR) is 90.4 cm³/mol. The predicted octanol–water partition coefficient (Wildman–Crippen LogP) is 2.75. The molecule has 0 atom stereocenters. The fourth-order valence-electron chi connectivity index (χ4n) is 1.99. The normalized spacial score (nSPS) is 11.0. The highest BCUT2D eigenvalue weighted by atomic mass is 32.2. The minimum atomic E-state index is 0.315. The van der Waals surface area contributed by atoms with Crippen molar-refractivity contribution in [1.82, 2.24) is 19.9 Å². The quantitative estimate of drug-likeness (QED) is 0.714. The van der Waals surface area contributed by atoms with Crippen LogP contribution >= 0.6 is 11.8 Å².